The van der Waals surface area contributed by atoms with E-state index in [1.54, 1.807) is 63.2 Å². The number of hydrogen-bond donors (Lipinski definition) is 0. The van der Waals surface area contributed by atoms with Gasteiger partial charge in [-0.2, -0.15) is 0 Å². The second-order valence-electron chi connectivity index (χ2n) is 6.94. The molecule has 1 atom stereocenters. The van der Waals surface area contributed by atoms with Crippen LogP contribution >= 0.6 is 47.6 Å². The number of amides is 2. The molecule has 0 fully saturated rings. The summed E-state index contributed by atoms with van der Waals surface area (Å²) >= 11 is 19.2. The number of aryl methyl sites for hydroxylation is 1. The van der Waals surface area contributed by atoms with Gasteiger partial charge in [-0.25, -0.2) is 4.79 Å². The second kappa shape index (κ2) is 8.80. The summed E-state index contributed by atoms with van der Waals surface area (Å²) < 4.78 is -0.271. The Kier molecular flexibility index (Phi) is 7.74. The van der Waals surface area contributed by atoms with E-state index in [1.165, 1.54) is 6.07 Å². The minimum Gasteiger partial charge on any atom is -0.262 e. The van der Waals surface area contributed by atoms with Crippen LogP contribution in [0.3, 0.4) is 0 Å². The SMILES string of the molecule is Cc1ccc(C(=O)[N+](Cl)(N(Cl)C(=O)c2ccccc2Cl)C(C)(C)C)cc1.Cl. The minimum atomic E-state index is -0.971. The summed E-state index contributed by atoms with van der Waals surface area (Å²) in [6.45, 7) is 7.08. The van der Waals surface area contributed by atoms with Crippen molar-refractivity contribution in [1.82, 2.24) is 4.53 Å². The molecule has 1 unspecified atom stereocenters. The molecule has 146 valence electrons. The Hall–Kier alpha value is -1.30. The lowest BCUT2D eigenvalue weighted by Crippen LogP contribution is -2.64. The molecular weight excluding hydrogens is 430 g/mol. The summed E-state index contributed by atoms with van der Waals surface area (Å²) in [6.07, 6.45) is 0. The van der Waals surface area contributed by atoms with Crippen molar-refractivity contribution < 1.29 is 13.7 Å². The summed E-state index contributed by atoms with van der Waals surface area (Å²) in [6, 6.07) is 13.4. The zero-order valence-corrected chi connectivity index (χ0v) is 18.5. The summed E-state index contributed by atoms with van der Waals surface area (Å²) in [5, 5.41) is 0.225. The molecule has 27 heavy (non-hydrogen) atoms. The predicted octanol–water partition coefficient (Wildman–Crippen LogP) is 6.19. The number of rotatable bonds is 2. The molecule has 2 aromatic rings. The standard InChI is InChI=1S/C19H20Cl3N2O2.ClH/c1-13-9-11-14(12-10-13)18(26)24(22,19(2,3)4)23(21)17(25)15-7-5-6-8-16(15)20;/h5-12H,1-4H3;1H/q+1;. The first-order valence-corrected chi connectivity index (χ1v) is 9.01. The summed E-state index contributed by atoms with van der Waals surface area (Å²) in [7, 11) is 0. The average molecular weight is 451 g/mol. The van der Waals surface area contributed by atoms with Crippen LogP contribution in [0.15, 0.2) is 48.5 Å². The van der Waals surface area contributed by atoms with Gasteiger partial charge >= 0.3 is 11.8 Å². The fourth-order valence-electron chi connectivity index (χ4n) is 2.37. The number of nitrogens with zero attached hydrogens (tertiary/aromatic N) is 2. The van der Waals surface area contributed by atoms with E-state index >= 15 is 0 Å². The molecule has 0 heterocycles. The number of carbonyl (C=O) groups is 2. The van der Waals surface area contributed by atoms with Gasteiger partial charge in [-0.1, -0.05) is 46.0 Å². The summed E-state index contributed by atoms with van der Waals surface area (Å²) in [5.74, 6) is -1.18. The second-order valence-corrected chi connectivity index (χ2v) is 8.16. The number of carbonyl (C=O) groups excluding carboxylic acids is 2. The number of hydrogen-bond acceptors (Lipinski definition) is 2. The molecule has 0 aliphatic rings. The van der Waals surface area contributed by atoms with Gasteiger partial charge in [-0.3, -0.25) is 4.79 Å². The van der Waals surface area contributed by atoms with Gasteiger partial charge in [0, 0.05) is 0 Å². The molecule has 0 N–H and O–H groups in total. The monoisotopic (exact) mass is 449 g/mol. The first-order valence-electron chi connectivity index (χ1n) is 7.95. The van der Waals surface area contributed by atoms with Crippen LogP contribution in [0.4, 0.5) is 0 Å². The van der Waals surface area contributed by atoms with Gasteiger partial charge in [-0.15, -0.1) is 12.4 Å². The average Bonchev–Trinajstić information content (AvgIpc) is 2.59. The topological polar surface area (TPSA) is 37.4 Å². The molecule has 0 aliphatic carbocycles. The fourth-order valence-corrected chi connectivity index (χ4v) is 3.14. The first-order chi connectivity index (χ1) is 12.0. The van der Waals surface area contributed by atoms with E-state index in [2.05, 4.69) is 0 Å². The van der Waals surface area contributed by atoms with Gasteiger partial charge in [0.05, 0.1) is 27.9 Å². The third kappa shape index (κ3) is 4.58. The molecule has 0 radical (unpaired) electrons. The Morgan fingerprint density at radius 1 is 1.00 bits per heavy atom. The third-order valence-electron chi connectivity index (χ3n) is 3.97. The molecular formula is C19H21Cl4N2O2+. The quantitative estimate of drug-likeness (QED) is 0.404. The summed E-state index contributed by atoms with van der Waals surface area (Å²) in [4.78, 5) is 26.1. The van der Waals surface area contributed by atoms with Gasteiger partial charge in [0.25, 0.3) is 0 Å². The molecule has 4 nitrogen and oxygen atoms in total. The molecule has 2 amide bonds. The molecule has 0 saturated heterocycles. The van der Waals surface area contributed by atoms with Crippen molar-refractivity contribution in [2.24, 2.45) is 0 Å². The van der Waals surface area contributed by atoms with Crippen LogP contribution in [-0.2, 0) is 0 Å². The highest BCUT2D eigenvalue weighted by Gasteiger charge is 2.56. The van der Waals surface area contributed by atoms with E-state index in [1.807, 2.05) is 6.92 Å². The lowest BCUT2D eigenvalue weighted by Gasteiger charge is -2.40. The highest BCUT2D eigenvalue weighted by Crippen LogP contribution is 2.37. The van der Waals surface area contributed by atoms with Crippen molar-refractivity contribution in [2.45, 2.75) is 33.2 Å². The maximum absolute atomic E-state index is 13.2. The van der Waals surface area contributed by atoms with Crippen molar-refractivity contribution in [3.63, 3.8) is 0 Å². The Morgan fingerprint density at radius 3 is 2.00 bits per heavy atom. The highest BCUT2D eigenvalue weighted by atomic mass is 35.5. The van der Waals surface area contributed by atoms with Crippen molar-refractivity contribution in [1.29, 1.82) is 0 Å². The minimum absolute atomic E-state index is 0. The molecule has 0 aromatic heterocycles. The van der Waals surface area contributed by atoms with Gasteiger partial charge in [0.1, 0.15) is 5.54 Å². The van der Waals surface area contributed by atoms with Gasteiger partial charge in [0.2, 0.25) is 11.8 Å². The van der Waals surface area contributed by atoms with E-state index in [0.717, 1.165) is 5.56 Å². The van der Waals surface area contributed by atoms with Crippen molar-refractivity contribution in [3.05, 3.63) is 70.2 Å². The summed E-state index contributed by atoms with van der Waals surface area (Å²) in [5.41, 5.74) is 0.591. The highest BCUT2D eigenvalue weighted by molar-refractivity contribution is 6.35. The number of benzene rings is 2. The van der Waals surface area contributed by atoms with Crippen LogP contribution in [0.2, 0.25) is 5.02 Å². The van der Waals surface area contributed by atoms with E-state index in [-0.39, 0.29) is 23.0 Å². The molecule has 2 aromatic carbocycles. The van der Waals surface area contributed by atoms with Gasteiger partial charge in [0.15, 0.2) is 0 Å². The number of halogens is 4. The normalized spacial score (nSPS) is 13.3. The van der Waals surface area contributed by atoms with E-state index in [4.69, 9.17) is 35.2 Å². The van der Waals surface area contributed by atoms with E-state index in [0.29, 0.717) is 10.1 Å². The van der Waals surface area contributed by atoms with E-state index in [9.17, 15) is 9.59 Å². The Morgan fingerprint density at radius 2 is 1.52 bits per heavy atom. The van der Waals surface area contributed by atoms with Crippen molar-refractivity contribution in [3.8, 4) is 0 Å². The Labute approximate surface area is 180 Å². The van der Waals surface area contributed by atoms with Gasteiger partial charge < -0.3 is 0 Å². The smallest absolute Gasteiger partial charge is 0.262 e. The fraction of sp³-hybridized carbons (Fsp3) is 0.263. The molecule has 0 spiro atoms. The van der Waals surface area contributed by atoms with Crippen LogP contribution in [0.25, 0.3) is 0 Å². The van der Waals surface area contributed by atoms with Crippen LogP contribution in [0.5, 0.6) is 0 Å². The maximum Gasteiger partial charge on any atom is 0.390 e. The van der Waals surface area contributed by atoms with Crippen molar-refractivity contribution >= 4 is 59.4 Å². The largest absolute Gasteiger partial charge is 0.390 e. The molecule has 0 saturated carbocycles. The maximum atomic E-state index is 13.2. The lowest BCUT2D eigenvalue weighted by atomic mass is 10.1. The first kappa shape index (κ1) is 23.7. The molecule has 8 heteroatoms. The van der Waals surface area contributed by atoms with Crippen LogP contribution in [-0.4, -0.2) is 26.0 Å². The zero-order chi connectivity index (χ0) is 19.7. The van der Waals surface area contributed by atoms with Crippen LogP contribution < -0.4 is 0 Å². The predicted molar refractivity (Wildman–Crippen MR) is 112 cm³/mol. The third-order valence-corrected chi connectivity index (χ3v) is 5.57. The molecule has 0 bridgehead atoms. The Balaban J connectivity index is 0.00000364. The van der Waals surface area contributed by atoms with Crippen LogP contribution in [0.1, 0.15) is 47.1 Å². The van der Waals surface area contributed by atoms with Gasteiger partial charge in [-0.05, 0) is 56.1 Å². The van der Waals surface area contributed by atoms with E-state index < -0.39 is 21.5 Å². The van der Waals surface area contributed by atoms with Crippen LogP contribution in [0, 0.1) is 6.92 Å². The lowest BCUT2D eigenvalue weighted by molar-refractivity contribution is -0.871. The Bertz CT molecular complexity index is 834. The van der Waals surface area contributed by atoms with Crippen molar-refractivity contribution in [2.75, 3.05) is 0 Å². The molecule has 0 aliphatic heterocycles. The number of quaternary nitrogens is 1. The molecule has 2 rings (SSSR count). The zero-order valence-electron chi connectivity index (χ0n) is 15.4.